The Bertz CT molecular complexity index is 2030. The minimum Gasteiger partial charge on any atom is -0.487 e. The van der Waals surface area contributed by atoms with Crippen molar-refractivity contribution in [2.45, 2.75) is 59.1 Å². The molecule has 0 amide bonds. The van der Waals surface area contributed by atoms with E-state index in [-0.39, 0.29) is 24.5 Å². The van der Waals surface area contributed by atoms with Gasteiger partial charge in [0.15, 0.2) is 4.80 Å². The molecule has 244 valence electrons. The highest BCUT2D eigenvalue weighted by Gasteiger charge is 2.34. The number of aromatic nitrogens is 1. The normalized spacial score (nSPS) is 14.6. The molecule has 0 unspecified atom stereocenters. The molecule has 0 aliphatic carbocycles. The maximum atomic E-state index is 14.3. The quantitative estimate of drug-likeness (QED) is 0.0876. The molecule has 2 heterocycles. The molecular formula is C35H33Br2N3O6S. The second-order valence-corrected chi connectivity index (χ2v) is 14.0. The monoisotopic (exact) mass is 781 g/mol. The highest BCUT2D eigenvalue weighted by Crippen LogP contribution is 2.35. The fraction of sp³-hybridized carbons (Fsp3) is 0.286. The minimum absolute atomic E-state index is 0.00277. The Morgan fingerprint density at radius 2 is 1.81 bits per heavy atom. The Morgan fingerprint density at radius 3 is 2.43 bits per heavy atom. The zero-order chi connectivity index (χ0) is 33.8. The molecule has 9 nitrogen and oxygen atoms in total. The second kappa shape index (κ2) is 14.9. The number of rotatable bonds is 11. The first kappa shape index (κ1) is 34.5. The Kier molecular flexibility index (Phi) is 10.9. The van der Waals surface area contributed by atoms with Crippen molar-refractivity contribution in [3.8, 4) is 5.75 Å². The zero-order valence-corrected chi connectivity index (χ0v) is 30.3. The van der Waals surface area contributed by atoms with E-state index in [0.29, 0.717) is 48.7 Å². The average Bonchev–Trinajstić information content (AvgIpc) is 3.34. The summed E-state index contributed by atoms with van der Waals surface area (Å²) in [4.78, 5) is 43.8. The number of carbonyl (C=O) groups excluding carboxylic acids is 1. The first-order valence-corrected chi connectivity index (χ1v) is 17.6. The van der Waals surface area contributed by atoms with Crippen LogP contribution in [0.5, 0.6) is 5.75 Å². The summed E-state index contributed by atoms with van der Waals surface area (Å²) in [6, 6.07) is 17.1. The van der Waals surface area contributed by atoms with Crippen LogP contribution >= 0.6 is 43.2 Å². The fourth-order valence-electron chi connectivity index (χ4n) is 5.35. The number of hydrogen-bond donors (Lipinski definition) is 0. The van der Waals surface area contributed by atoms with Crippen LogP contribution in [0.2, 0.25) is 0 Å². The smallest absolute Gasteiger partial charge is 0.338 e. The largest absolute Gasteiger partial charge is 0.487 e. The Balaban J connectivity index is 1.64. The number of ether oxygens (including phenoxy) is 2. The van der Waals surface area contributed by atoms with Crippen LogP contribution in [-0.4, -0.2) is 22.1 Å². The van der Waals surface area contributed by atoms with Crippen LogP contribution in [0.1, 0.15) is 74.8 Å². The van der Waals surface area contributed by atoms with Crippen LogP contribution < -0.4 is 19.6 Å². The maximum Gasteiger partial charge on any atom is 0.338 e. The summed E-state index contributed by atoms with van der Waals surface area (Å²) in [5.41, 5.74) is 4.03. The molecule has 1 atom stereocenters. The van der Waals surface area contributed by atoms with Crippen molar-refractivity contribution in [3.05, 3.63) is 133 Å². The van der Waals surface area contributed by atoms with Crippen LogP contribution in [0, 0.1) is 10.1 Å². The fourth-order valence-corrected chi connectivity index (χ4v) is 7.73. The predicted octanol–water partition coefficient (Wildman–Crippen LogP) is 7.71. The average molecular weight is 784 g/mol. The number of carbonyl (C=O) groups is 1. The van der Waals surface area contributed by atoms with Crippen LogP contribution in [0.25, 0.3) is 6.08 Å². The number of benzene rings is 3. The van der Waals surface area contributed by atoms with Gasteiger partial charge in [0.2, 0.25) is 0 Å². The van der Waals surface area contributed by atoms with Crippen LogP contribution in [0.15, 0.2) is 90.7 Å². The van der Waals surface area contributed by atoms with Gasteiger partial charge >= 0.3 is 5.97 Å². The summed E-state index contributed by atoms with van der Waals surface area (Å²) in [6.45, 7) is 8.37. The van der Waals surface area contributed by atoms with E-state index in [9.17, 15) is 19.7 Å². The Labute approximate surface area is 292 Å². The second-order valence-electron chi connectivity index (χ2n) is 11.3. The van der Waals surface area contributed by atoms with Crippen LogP contribution in [-0.2, 0) is 16.1 Å². The summed E-state index contributed by atoms with van der Waals surface area (Å²) >= 11 is 8.39. The lowest BCUT2D eigenvalue weighted by molar-refractivity contribution is -0.384. The molecule has 0 saturated heterocycles. The third kappa shape index (κ3) is 7.50. The van der Waals surface area contributed by atoms with Crippen molar-refractivity contribution in [2.75, 3.05) is 6.61 Å². The van der Waals surface area contributed by atoms with E-state index in [0.717, 1.165) is 27.6 Å². The summed E-state index contributed by atoms with van der Waals surface area (Å²) in [6.07, 6.45) is 3.08. The van der Waals surface area contributed by atoms with Gasteiger partial charge in [0, 0.05) is 22.2 Å². The first-order valence-electron chi connectivity index (χ1n) is 15.2. The Morgan fingerprint density at radius 1 is 1.11 bits per heavy atom. The number of esters is 1. The molecule has 1 aliphatic heterocycles. The number of nitro groups is 1. The van der Waals surface area contributed by atoms with Gasteiger partial charge in [-0.25, -0.2) is 9.79 Å². The van der Waals surface area contributed by atoms with Gasteiger partial charge in [0.05, 0.1) is 37.8 Å². The van der Waals surface area contributed by atoms with Crippen molar-refractivity contribution < 1.29 is 19.2 Å². The number of allylic oxidation sites excluding steroid dienone is 1. The molecule has 1 aliphatic rings. The van der Waals surface area contributed by atoms with E-state index in [1.54, 1.807) is 29.7 Å². The zero-order valence-electron chi connectivity index (χ0n) is 26.3. The molecule has 0 saturated carbocycles. The lowest BCUT2D eigenvalue weighted by Crippen LogP contribution is -2.40. The standard InChI is InChI=1S/C35H33Br2N3O6S/c1-5-7-28-30(34(42)45-6-2)31(23-12-10-22(11-13-23)20(3)4)39-33(41)29(47-35(39)38-28)17-24-16-25(36)18-27(37)32(24)46-19-21-8-14-26(15-9-21)40(43)44/h8-18,20,31H,5-7,19H2,1-4H3/b29-17-/t31-/m1/s1. The molecule has 0 N–H and O–H groups in total. The van der Waals surface area contributed by atoms with Crippen molar-refractivity contribution in [2.24, 2.45) is 4.99 Å². The van der Waals surface area contributed by atoms with Gasteiger partial charge in [-0.05, 0) is 82.2 Å². The maximum absolute atomic E-state index is 14.3. The molecule has 1 aromatic heterocycles. The van der Waals surface area contributed by atoms with Crippen LogP contribution in [0.4, 0.5) is 5.69 Å². The topological polar surface area (TPSA) is 113 Å². The van der Waals surface area contributed by atoms with Crippen LogP contribution in [0.3, 0.4) is 0 Å². The van der Waals surface area contributed by atoms with E-state index < -0.39 is 16.9 Å². The molecule has 0 fully saturated rings. The Hall–Kier alpha value is -3.87. The summed E-state index contributed by atoms with van der Waals surface area (Å²) in [5, 5.41) is 11.1. The number of non-ortho nitro benzene ring substituents is 1. The van der Waals surface area contributed by atoms with Crippen molar-refractivity contribution in [1.29, 1.82) is 0 Å². The van der Waals surface area contributed by atoms with Crippen molar-refractivity contribution in [3.63, 3.8) is 0 Å². The predicted molar refractivity (Wildman–Crippen MR) is 189 cm³/mol. The van der Waals surface area contributed by atoms with Crippen molar-refractivity contribution in [1.82, 2.24) is 4.57 Å². The number of nitro benzene ring substituents is 1. The number of nitrogens with zero attached hydrogens (tertiary/aromatic N) is 3. The van der Waals surface area contributed by atoms with E-state index in [1.807, 2.05) is 43.3 Å². The molecule has 0 bridgehead atoms. The van der Waals surface area contributed by atoms with Gasteiger partial charge in [-0.15, -0.1) is 0 Å². The molecule has 12 heteroatoms. The molecule has 0 spiro atoms. The first-order chi connectivity index (χ1) is 22.5. The summed E-state index contributed by atoms with van der Waals surface area (Å²) in [5.74, 6) is 0.338. The minimum atomic E-state index is -0.706. The SMILES string of the molecule is CCCC1=C(C(=O)OCC)[C@@H](c2ccc(C(C)C)cc2)n2c(s/c(=C\c3cc(Br)cc(Br)c3OCc3ccc([N+](=O)[O-])cc3)c2=O)=N1. The number of halogens is 2. The summed E-state index contributed by atoms with van der Waals surface area (Å²) in [7, 11) is 0. The van der Waals surface area contributed by atoms with Gasteiger partial charge in [0.25, 0.3) is 11.2 Å². The number of hydrogen-bond acceptors (Lipinski definition) is 8. The van der Waals surface area contributed by atoms with Gasteiger partial charge in [-0.3, -0.25) is 19.5 Å². The van der Waals surface area contributed by atoms with Gasteiger partial charge in [0.1, 0.15) is 12.4 Å². The van der Waals surface area contributed by atoms with E-state index >= 15 is 0 Å². The van der Waals surface area contributed by atoms with Gasteiger partial charge in [-0.1, -0.05) is 78.7 Å². The highest BCUT2D eigenvalue weighted by atomic mass is 79.9. The van der Waals surface area contributed by atoms with E-state index in [1.165, 1.54) is 23.5 Å². The van der Waals surface area contributed by atoms with Gasteiger partial charge in [-0.2, -0.15) is 0 Å². The molecule has 0 radical (unpaired) electrons. The molecular weight excluding hydrogens is 750 g/mol. The summed E-state index contributed by atoms with van der Waals surface area (Å²) < 4.78 is 15.2. The highest BCUT2D eigenvalue weighted by molar-refractivity contribution is 9.11. The van der Waals surface area contributed by atoms with E-state index in [2.05, 4.69) is 45.7 Å². The van der Waals surface area contributed by atoms with Crippen molar-refractivity contribution >= 4 is 60.9 Å². The number of thiazole rings is 1. The molecule has 3 aromatic carbocycles. The lowest BCUT2D eigenvalue weighted by atomic mass is 9.92. The van der Waals surface area contributed by atoms with Gasteiger partial charge < -0.3 is 9.47 Å². The number of fused-ring (bicyclic) bond motifs is 1. The third-order valence-corrected chi connectivity index (χ3v) is 9.69. The molecule has 47 heavy (non-hydrogen) atoms. The third-order valence-electron chi connectivity index (χ3n) is 7.67. The lowest BCUT2D eigenvalue weighted by Gasteiger charge is -2.26. The van der Waals surface area contributed by atoms with E-state index in [4.69, 9.17) is 14.5 Å². The molecule has 4 aromatic rings. The molecule has 5 rings (SSSR count).